The number of nitrogens with zero attached hydrogens (tertiary/aromatic N) is 1. The largest absolute Gasteiger partial charge is 0.449 e. The summed E-state index contributed by atoms with van der Waals surface area (Å²) in [6, 6.07) is 24.8. The van der Waals surface area contributed by atoms with E-state index in [1.807, 2.05) is 48.5 Å². The van der Waals surface area contributed by atoms with Gasteiger partial charge in [0, 0.05) is 28.8 Å². The first-order chi connectivity index (χ1) is 14.6. The molecule has 0 radical (unpaired) electrons. The number of non-ortho nitro benzene ring substituents is 1. The summed E-state index contributed by atoms with van der Waals surface area (Å²) >= 11 is 0. The Morgan fingerprint density at radius 2 is 1.43 bits per heavy atom. The van der Waals surface area contributed by atoms with E-state index in [1.165, 1.54) is 12.1 Å². The first kappa shape index (κ1) is 17.9. The van der Waals surface area contributed by atoms with Gasteiger partial charge in [0.1, 0.15) is 5.76 Å². The topological polar surface area (TPSA) is 82.6 Å². The normalized spacial score (nSPS) is 12.3. The molecular weight excluding hydrogens is 382 g/mol. The summed E-state index contributed by atoms with van der Waals surface area (Å²) in [7, 11) is 0. The second kappa shape index (κ2) is 7.00. The van der Waals surface area contributed by atoms with Crippen LogP contribution in [0.4, 0.5) is 5.69 Å². The summed E-state index contributed by atoms with van der Waals surface area (Å²) in [5.41, 5.74) is 4.61. The van der Waals surface area contributed by atoms with Crippen LogP contribution in [-0.2, 0) is 4.74 Å². The van der Waals surface area contributed by atoms with Gasteiger partial charge in [-0.1, -0.05) is 48.5 Å². The zero-order valence-corrected chi connectivity index (χ0v) is 15.6. The quantitative estimate of drug-likeness (QED) is 0.248. The average molecular weight is 397 g/mol. The van der Waals surface area contributed by atoms with Crippen LogP contribution in [0.1, 0.15) is 27.8 Å². The highest BCUT2D eigenvalue weighted by molar-refractivity contribution is 5.89. The zero-order chi connectivity index (χ0) is 20.7. The molecule has 6 heteroatoms. The Kier molecular flexibility index (Phi) is 4.17. The van der Waals surface area contributed by atoms with Crippen LogP contribution in [0.3, 0.4) is 0 Å². The second-order valence-corrected chi connectivity index (χ2v) is 6.93. The first-order valence-corrected chi connectivity index (χ1v) is 9.36. The molecule has 0 aliphatic heterocycles. The lowest BCUT2D eigenvalue weighted by molar-refractivity contribution is -0.384. The predicted molar refractivity (Wildman–Crippen MR) is 110 cm³/mol. The van der Waals surface area contributed by atoms with Crippen molar-refractivity contribution in [3.63, 3.8) is 0 Å². The molecule has 0 saturated carbocycles. The van der Waals surface area contributed by atoms with E-state index in [1.54, 1.807) is 24.3 Å². The van der Waals surface area contributed by atoms with Crippen molar-refractivity contribution in [1.82, 2.24) is 0 Å². The van der Waals surface area contributed by atoms with Crippen molar-refractivity contribution in [1.29, 1.82) is 0 Å². The van der Waals surface area contributed by atoms with Crippen molar-refractivity contribution in [3.05, 3.63) is 112 Å². The van der Waals surface area contributed by atoms with Crippen LogP contribution in [0.25, 0.3) is 22.5 Å². The fourth-order valence-corrected chi connectivity index (χ4v) is 3.75. The maximum absolute atomic E-state index is 12.8. The molecule has 1 aromatic heterocycles. The van der Waals surface area contributed by atoms with E-state index in [0.717, 1.165) is 22.3 Å². The van der Waals surface area contributed by atoms with Crippen LogP contribution in [-0.4, -0.2) is 10.9 Å². The molecule has 3 aromatic carbocycles. The van der Waals surface area contributed by atoms with Crippen LogP contribution < -0.4 is 0 Å². The molecular formula is C24H15NO5. The number of hydrogen-bond acceptors (Lipinski definition) is 5. The molecule has 0 atom stereocenters. The van der Waals surface area contributed by atoms with E-state index in [2.05, 4.69) is 0 Å². The number of ether oxygens (including phenoxy) is 1. The summed E-state index contributed by atoms with van der Waals surface area (Å²) in [4.78, 5) is 23.1. The Balaban J connectivity index is 1.41. The first-order valence-electron chi connectivity index (χ1n) is 9.36. The van der Waals surface area contributed by atoms with Crippen molar-refractivity contribution in [2.45, 2.75) is 6.10 Å². The number of esters is 1. The Hall–Kier alpha value is -4.19. The maximum Gasteiger partial charge on any atom is 0.375 e. The summed E-state index contributed by atoms with van der Waals surface area (Å²) in [5.74, 6) is -0.0612. The minimum Gasteiger partial charge on any atom is -0.449 e. The standard InChI is InChI=1S/C24H15NO5/c26-24(22-14-13-21(29-22)15-9-11-16(12-10-15)25(27)28)30-23-19-7-3-1-5-17(19)18-6-2-4-8-20(18)23/h1-14,23H. The molecule has 146 valence electrons. The van der Waals surface area contributed by atoms with Gasteiger partial charge >= 0.3 is 5.97 Å². The van der Waals surface area contributed by atoms with E-state index in [0.29, 0.717) is 11.3 Å². The lowest BCUT2D eigenvalue weighted by Crippen LogP contribution is -2.10. The molecule has 0 spiro atoms. The molecule has 1 heterocycles. The Labute approximate surface area is 171 Å². The Morgan fingerprint density at radius 1 is 0.833 bits per heavy atom. The SMILES string of the molecule is O=C(OC1c2ccccc2-c2ccccc21)c1ccc(-c2ccc([N+](=O)[O-])cc2)o1. The van der Waals surface area contributed by atoms with E-state index in [-0.39, 0.29) is 11.4 Å². The van der Waals surface area contributed by atoms with Gasteiger partial charge in [-0.2, -0.15) is 0 Å². The molecule has 4 aromatic rings. The van der Waals surface area contributed by atoms with Gasteiger partial charge in [-0.15, -0.1) is 0 Å². The molecule has 1 aliphatic carbocycles. The zero-order valence-electron chi connectivity index (χ0n) is 15.6. The van der Waals surface area contributed by atoms with Crippen LogP contribution in [0.2, 0.25) is 0 Å². The maximum atomic E-state index is 12.8. The number of nitro groups is 1. The van der Waals surface area contributed by atoms with Crippen molar-refractivity contribution >= 4 is 11.7 Å². The van der Waals surface area contributed by atoms with Gasteiger partial charge in [0.25, 0.3) is 5.69 Å². The van der Waals surface area contributed by atoms with Gasteiger partial charge in [-0.05, 0) is 35.4 Å². The molecule has 30 heavy (non-hydrogen) atoms. The summed E-state index contributed by atoms with van der Waals surface area (Å²) in [5, 5.41) is 10.8. The molecule has 0 saturated heterocycles. The molecule has 0 amide bonds. The molecule has 6 nitrogen and oxygen atoms in total. The number of carbonyl (C=O) groups is 1. The van der Waals surface area contributed by atoms with Gasteiger partial charge in [-0.25, -0.2) is 4.79 Å². The van der Waals surface area contributed by atoms with E-state index in [9.17, 15) is 14.9 Å². The van der Waals surface area contributed by atoms with Crippen molar-refractivity contribution in [2.75, 3.05) is 0 Å². The summed E-state index contributed by atoms with van der Waals surface area (Å²) < 4.78 is 11.5. The third kappa shape index (κ3) is 2.95. The fourth-order valence-electron chi connectivity index (χ4n) is 3.75. The summed E-state index contributed by atoms with van der Waals surface area (Å²) in [6.07, 6.45) is -0.502. The smallest absolute Gasteiger partial charge is 0.375 e. The van der Waals surface area contributed by atoms with Crippen LogP contribution in [0.5, 0.6) is 0 Å². The molecule has 0 bridgehead atoms. The molecule has 5 rings (SSSR count). The predicted octanol–water partition coefficient (Wildman–Crippen LogP) is 5.78. The van der Waals surface area contributed by atoms with Crippen molar-refractivity contribution in [2.24, 2.45) is 0 Å². The van der Waals surface area contributed by atoms with E-state index < -0.39 is 17.0 Å². The van der Waals surface area contributed by atoms with E-state index >= 15 is 0 Å². The lowest BCUT2D eigenvalue weighted by atomic mass is 10.1. The monoisotopic (exact) mass is 397 g/mol. The average Bonchev–Trinajstić information content (AvgIpc) is 3.38. The number of rotatable bonds is 4. The molecule has 1 aliphatic rings. The van der Waals surface area contributed by atoms with E-state index in [4.69, 9.17) is 9.15 Å². The highest BCUT2D eigenvalue weighted by Crippen LogP contribution is 2.45. The van der Waals surface area contributed by atoms with Crippen LogP contribution >= 0.6 is 0 Å². The highest BCUT2D eigenvalue weighted by atomic mass is 16.6. The number of benzene rings is 3. The number of carbonyl (C=O) groups excluding carboxylic acids is 1. The number of furan rings is 1. The fraction of sp³-hybridized carbons (Fsp3) is 0.0417. The van der Waals surface area contributed by atoms with Crippen LogP contribution in [0.15, 0.2) is 89.3 Å². The highest BCUT2D eigenvalue weighted by Gasteiger charge is 2.32. The Morgan fingerprint density at radius 3 is 2.03 bits per heavy atom. The molecule has 0 N–H and O–H groups in total. The second-order valence-electron chi connectivity index (χ2n) is 6.93. The number of fused-ring (bicyclic) bond motifs is 3. The van der Waals surface area contributed by atoms with Gasteiger partial charge in [0.05, 0.1) is 4.92 Å². The number of hydrogen-bond donors (Lipinski definition) is 0. The third-order valence-electron chi connectivity index (χ3n) is 5.17. The molecule has 0 unspecified atom stereocenters. The number of nitro benzene ring substituents is 1. The van der Waals surface area contributed by atoms with Gasteiger partial charge in [0.2, 0.25) is 5.76 Å². The molecule has 0 fully saturated rings. The van der Waals surface area contributed by atoms with Gasteiger partial charge < -0.3 is 9.15 Å². The van der Waals surface area contributed by atoms with Gasteiger partial charge in [-0.3, -0.25) is 10.1 Å². The lowest BCUT2D eigenvalue weighted by Gasteiger charge is -2.14. The summed E-state index contributed by atoms with van der Waals surface area (Å²) in [6.45, 7) is 0. The van der Waals surface area contributed by atoms with Crippen LogP contribution in [0, 0.1) is 10.1 Å². The van der Waals surface area contributed by atoms with Crippen molar-refractivity contribution < 1.29 is 18.9 Å². The Bertz CT molecular complexity index is 1230. The minimum absolute atomic E-state index is 0.0106. The van der Waals surface area contributed by atoms with Gasteiger partial charge in [0.15, 0.2) is 6.10 Å². The minimum atomic E-state index is -0.570. The third-order valence-corrected chi connectivity index (χ3v) is 5.17. The van der Waals surface area contributed by atoms with Crippen molar-refractivity contribution in [3.8, 4) is 22.5 Å².